The average molecular weight is 128 g/mol. The summed E-state index contributed by atoms with van der Waals surface area (Å²) in [6.45, 7) is 3.25. The van der Waals surface area contributed by atoms with Crippen molar-refractivity contribution in [3.63, 3.8) is 0 Å². The third-order valence-corrected chi connectivity index (χ3v) is 0.657. The topological polar surface area (TPSA) is 52.9 Å². The molecule has 0 unspecified atom stereocenters. The van der Waals surface area contributed by atoms with E-state index in [0.29, 0.717) is 0 Å². The Bertz CT molecular complexity index is 142. The molecule has 0 aromatic rings. The number of aliphatic imine (C=N–C) groups is 1. The van der Waals surface area contributed by atoms with E-state index >= 15 is 0 Å². The molecule has 50 valence electrons. The molecule has 0 spiro atoms. The molecule has 1 N–H and O–H groups in total. The van der Waals surface area contributed by atoms with Crippen LogP contribution >= 0.6 is 0 Å². The van der Waals surface area contributed by atoms with Crippen molar-refractivity contribution in [3.05, 3.63) is 12.8 Å². The van der Waals surface area contributed by atoms with Gasteiger partial charge in [-0.05, 0) is 0 Å². The SMILES string of the molecule is C=CN(C=NC)C(=O)O. The van der Waals surface area contributed by atoms with E-state index in [1.165, 1.54) is 7.05 Å². The molecule has 0 bridgehead atoms. The number of hydrogen-bond acceptors (Lipinski definition) is 2. The van der Waals surface area contributed by atoms with Crippen molar-refractivity contribution in [1.82, 2.24) is 4.90 Å². The Balaban J connectivity index is 3.98. The predicted octanol–water partition coefficient (Wildman–Crippen LogP) is 0.768. The van der Waals surface area contributed by atoms with Crippen molar-refractivity contribution in [2.24, 2.45) is 4.99 Å². The molecule has 0 aromatic heterocycles. The Morgan fingerprint density at radius 3 is 2.56 bits per heavy atom. The minimum absolute atomic E-state index is 0.861. The van der Waals surface area contributed by atoms with E-state index < -0.39 is 6.09 Å². The van der Waals surface area contributed by atoms with Gasteiger partial charge < -0.3 is 5.11 Å². The zero-order valence-electron chi connectivity index (χ0n) is 5.11. The molecule has 0 saturated carbocycles. The summed E-state index contributed by atoms with van der Waals surface area (Å²) >= 11 is 0. The predicted molar refractivity (Wildman–Crippen MR) is 34.5 cm³/mol. The molecule has 9 heavy (non-hydrogen) atoms. The molecule has 0 rings (SSSR count). The molecule has 0 aliphatic carbocycles. The number of nitrogens with zero attached hydrogens (tertiary/aromatic N) is 2. The number of carboxylic acid groups (broad SMARTS) is 1. The van der Waals surface area contributed by atoms with E-state index in [9.17, 15) is 4.79 Å². The summed E-state index contributed by atoms with van der Waals surface area (Å²) in [5, 5.41) is 8.27. The highest BCUT2D eigenvalue weighted by Crippen LogP contribution is 1.82. The Hall–Kier alpha value is -1.32. The zero-order chi connectivity index (χ0) is 7.28. The number of amides is 1. The second-order valence-electron chi connectivity index (χ2n) is 1.25. The number of hydrogen-bond donors (Lipinski definition) is 1. The highest BCUT2D eigenvalue weighted by atomic mass is 16.4. The monoisotopic (exact) mass is 128 g/mol. The summed E-state index contributed by atoms with van der Waals surface area (Å²) < 4.78 is 0. The normalized spacial score (nSPS) is 9.44. The second-order valence-corrected chi connectivity index (χ2v) is 1.25. The van der Waals surface area contributed by atoms with Crippen molar-refractivity contribution in [2.45, 2.75) is 0 Å². The third kappa shape index (κ3) is 2.48. The van der Waals surface area contributed by atoms with Gasteiger partial charge in [-0.1, -0.05) is 6.58 Å². The maximum atomic E-state index is 10.1. The largest absolute Gasteiger partial charge is 0.464 e. The summed E-state index contributed by atoms with van der Waals surface area (Å²) in [6, 6.07) is 0. The first kappa shape index (κ1) is 7.68. The summed E-state index contributed by atoms with van der Waals surface area (Å²) in [6.07, 6.45) is 1.24. The van der Waals surface area contributed by atoms with Gasteiger partial charge >= 0.3 is 6.09 Å². The van der Waals surface area contributed by atoms with Crippen LogP contribution in [0, 0.1) is 0 Å². The van der Waals surface area contributed by atoms with Gasteiger partial charge in [-0.3, -0.25) is 4.99 Å². The van der Waals surface area contributed by atoms with Crippen molar-refractivity contribution in [3.8, 4) is 0 Å². The lowest BCUT2D eigenvalue weighted by molar-refractivity contribution is 0.181. The van der Waals surface area contributed by atoms with E-state index in [1.807, 2.05) is 0 Å². The van der Waals surface area contributed by atoms with Gasteiger partial charge in [0.2, 0.25) is 0 Å². The van der Waals surface area contributed by atoms with E-state index in [1.54, 1.807) is 0 Å². The molecule has 1 amide bonds. The molecule has 0 aliphatic rings. The summed E-state index contributed by atoms with van der Waals surface area (Å²) in [5.74, 6) is 0. The third-order valence-electron chi connectivity index (χ3n) is 0.657. The molecular formula is C5H8N2O2. The Kier molecular flexibility index (Phi) is 3.12. The lowest BCUT2D eigenvalue weighted by Gasteiger charge is -2.03. The second kappa shape index (κ2) is 3.65. The summed E-state index contributed by atoms with van der Waals surface area (Å²) in [7, 11) is 1.49. The molecule has 0 fully saturated rings. The molecular weight excluding hydrogens is 120 g/mol. The van der Waals surface area contributed by atoms with E-state index in [2.05, 4.69) is 11.6 Å². The molecule has 0 aromatic carbocycles. The minimum atomic E-state index is -1.09. The van der Waals surface area contributed by atoms with Gasteiger partial charge in [-0.25, -0.2) is 9.69 Å². The molecule has 0 heterocycles. The van der Waals surface area contributed by atoms with E-state index in [-0.39, 0.29) is 0 Å². The van der Waals surface area contributed by atoms with Crippen molar-refractivity contribution < 1.29 is 9.90 Å². The molecule has 4 heteroatoms. The fraction of sp³-hybridized carbons (Fsp3) is 0.200. The van der Waals surface area contributed by atoms with Crippen molar-refractivity contribution in [2.75, 3.05) is 7.05 Å². The number of carbonyl (C=O) groups is 1. The fourth-order valence-electron chi connectivity index (χ4n) is 0.299. The van der Waals surface area contributed by atoms with Crippen LogP contribution in [0.5, 0.6) is 0 Å². The van der Waals surface area contributed by atoms with Gasteiger partial charge in [-0.2, -0.15) is 0 Å². The molecule has 0 saturated heterocycles. The van der Waals surface area contributed by atoms with Crippen molar-refractivity contribution in [1.29, 1.82) is 0 Å². The highest BCUT2D eigenvalue weighted by molar-refractivity contribution is 5.82. The van der Waals surface area contributed by atoms with Gasteiger partial charge in [0.1, 0.15) is 0 Å². The summed E-state index contributed by atoms with van der Waals surface area (Å²) in [5.41, 5.74) is 0. The maximum Gasteiger partial charge on any atom is 0.416 e. The molecule has 0 atom stereocenters. The first-order valence-electron chi connectivity index (χ1n) is 2.28. The zero-order valence-corrected chi connectivity index (χ0v) is 5.11. The Morgan fingerprint density at radius 1 is 1.89 bits per heavy atom. The van der Waals surface area contributed by atoms with Crippen LogP contribution in [0.2, 0.25) is 0 Å². The highest BCUT2D eigenvalue weighted by Gasteiger charge is 2.00. The van der Waals surface area contributed by atoms with Crippen molar-refractivity contribution >= 4 is 12.4 Å². The smallest absolute Gasteiger partial charge is 0.416 e. The number of rotatable bonds is 2. The van der Waals surface area contributed by atoms with Gasteiger partial charge in [0, 0.05) is 13.2 Å². The Morgan fingerprint density at radius 2 is 2.44 bits per heavy atom. The van der Waals surface area contributed by atoms with Gasteiger partial charge in [0.05, 0.1) is 6.34 Å². The van der Waals surface area contributed by atoms with E-state index in [0.717, 1.165) is 17.4 Å². The van der Waals surface area contributed by atoms with Crippen LogP contribution in [0.4, 0.5) is 4.79 Å². The van der Waals surface area contributed by atoms with E-state index in [4.69, 9.17) is 5.11 Å². The van der Waals surface area contributed by atoms with Crippen LogP contribution in [0.3, 0.4) is 0 Å². The lowest BCUT2D eigenvalue weighted by atomic mass is 10.8. The van der Waals surface area contributed by atoms with Crippen LogP contribution in [-0.2, 0) is 0 Å². The van der Waals surface area contributed by atoms with Crippen LogP contribution in [-0.4, -0.2) is 29.5 Å². The van der Waals surface area contributed by atoms with Crippen LogP contribution in [0.25, 0.3) is 0 Å². The van der Waals surface area contributed by atoms with Crippen LogP contribution < -0.4 is 0 Å². The van der Waals surface area contributed by atoms with Gasteiger partial charge in [-0.15, -0.1) is 0 Å². The first-order valence-corrected chi connectivity index (χ1v) is 2.28. The molecule has 4 nitrogen and oxygen atoms in total. The molecule has 0 radical (unpaired) electrons. The van der Waals surface area contributed by atoms with Crippen LogP contribution in [0.1, 0.15) is 0 Å². The summed E-state index contributed by atoms with van der Waals surface area (Å²) in [4.78, 5) is 14.4. The first-order chi connectivity index (χ1) is 4.22. The average Bonchev–Trinajstić information content (AvgIpc) is 1.82. The lowest BCUT2D eigenvalue weighted by Crippen LogP contribution is -2.20. The Labute approximate surface area is 53.1 Å². The minimum Gasteiger partial charge on any atom is -0.464 e. The maximum absolute atomic E-state index is 10.1. The molecule has 0 aliphatic heterocycles. The van der Waals surface area contributed by atoms with Gasteiger partial charge in [0.15, 0.2) is 0 Å². The van der Waals surface area contributed by atoms with Crippen LogP contribution in [0.15, 0.2) is 17.8 Å². The quantitative estimate of drug-likeness (QED) is 0.441. The standard InChI is InChI=1S/C5H8N2O2/c1-3-7(4-6-2)5(8)9/h3-4H,1H2,2H3,(H,8,9). The van der Waals surface area contributed by atoms with Gasteiger partial charge in [0.25, 0.3) is 0 Å². The fourth-order valence-corrected chi connectivity index (χ4v) is 0.299.